The van der Waals surface area contributed by atoms with Gasteiger partial charge in [-0.05, 0) is 25.7 Å². The minimum absolute atomic E-state index is 0.561. The van der Waals surface area contributed by atoms with E-state index in [1.165, 1.54) is 56.5 Å². The highest BCUT2D eigenvalue weighted by atomic mass is 15.4. The molecular formula is C14H23N3. The van der Waals surface area contributed by atoms with Crippen LogP contribution in [0, 0.1) is 5.92 Å². The highest BCUT2D eigenvalue weighted by Gasteiger charge is 2.20. The lowest BCUT2D eigenvalue weighted by molar-refractivity contribution is 0.351. The summed E-state index contributed by atoms with van der Waals surface area (Å²) in [5.74, 6) is 2.12. The maximum Gasteiger partial charge on any atom is 0.124 e. The van der Waals surface area contributed by atoms with Crippen LogP contribution in [0.15, 0.2) is 6.07 Å². The molecule has 0 bridgehead atoms. The molecule has 3 rings (SSSR count). The monoisotopic (exact) mass is 233 g/mol. The topological polar surface area (TPSA) is 29.9 Å². The Hall–Kier alpha value is -0.990. The number of hydrogen-bond donors (Lipinski definition) is 1. The fourth-order valence-electron chi connectivity index (χ4n) is 3.23. The van der Waals surface area contributed by atoms with Crippen molar-refractivity contribution in [2.45, 2.75) is 57.9 Å². The highest BCUT2D eigenvalue weighted by molar-refractivity contribution is 5.39. The predicted octanol–water partition coefficient (Wildman–Crippen LogP) is 3.38. The molecule has 1 aromatic heterocycles. The minimum atomic E-state index is 0.561. The lowest BCUT2D eigenvalue weighted by Gasteiger charge is -2.22. The van der Waals surface area contributed by atoms with Gasteiger partial charge in [-0.3, -0.25) is 0 Å². The third-order valence-corrected chi connectivity index (χ3v) is 4.29. The van der Waals surface area contributed by atoms with E-state index >= 15 is 0 Å². The Morgan fingerprint density at radius 3 is 2.88 bits per heavy atom. The van der Waals surface area contributed by atoms with Gasteiger partial charge in [0.05, 0.1) is 11.7 Å². The first kappa shape index (κ1) is 11.1. The average molecular weight is 233 g/mol. The Morgan fingerprint density at radius 1 is 1.29 bits per heavy atom. The lowest BCUT2D eigenvalue weighted by atomic mass is 9.86. The molecule has 3 nitrogen and oxygen atoms in total. The summed E-state index contributed by atoms with van der Waals surface area (Å²) in [4.78, 5) is 0. The van der Waals surface area contributed by atoms with Crippen LogP contribution < -0.4 is 5.32 Å². The van der Waals surface area contributed by atoms with Crippen molar-refractivity contribution in [3.05, 3.63) is 11.8 Å². The number of rotatable bonds is 2. The summed E-state index contributed by atoms with van der Waals surface area (Å²) >= 11 is 0. The van der Waals surface area contributed by atoms with Crippen LogP contribution in [0.2, 0.25) is 0 Å². The van der Waals surface area contributed by atoms with Gasteiger partial charge in [0.2, 0.25) is 0 Å². The summed E-state index contributed by atoms with van der Waals surface area (Å²) < 4.78 is 2.18. The molecule has 0 amide bonds. The fourth-order valence-corrected chi connectivity index (χ4v) is 3.23. The van der Waals surface area contributed by atoms with Gasteiger partial charge in [-0.1, -0.05) is 32.1 Å². The predicted molar refractivity (Wildman–Crippen MR) is 70.3 cm³/mol. The van der Waals surface area contributed by atoms with Gasteiger partial charge in [0.1, 0.15) is 5.82 Å². The van der Waals surface area contributed by atoms with E-state index < -0.39 is 0 Å². The second-order valence-electron chi connectivity index (χ2n) is 5.74. The molecular weight excluding hydrogens is 210 g/mol. The van der Waals surface area contributed by atoms with E-state index in [0.29, 0.717) is 6.04 Å². The maximum atomic E-state index is 4.78. The van der Waals surface area contributed by atoms with Gasteiger partial charge in [0, 0.05) is 12.6 Å². The van der Waals surface area contributed by atoms with Gasteiger partial charge in [-0.15, -0.1) is 0 Å². The first-order valence-corrected chi connectivity index (χ1v) is 7.15. The molecule has 17 heavy (non-hydrogen) atoms. The molecule has 1 aliphatic carbocycles. The van der Waals surface area contributed by atoms with Crippen LogP contribution in [0.5, 0.6) is 0 Å². The number of nitrogens with one attached hydrogen (secondary N) is 1. The van der Waals surface area contributed by atoms with E-state index in [0.717, 1.165) is 12.5 Å². The van der Waals surface area contributed by atoms with Gasteiger partial charge < -0.3 is 5.32 Å². The largest absolute Gasteiger partial charge is 0.370 e. The second kappa shape index (κ2) is 4.71. The molecule has 0 spiro atoms. The Morgan fingerprint density at radius 2 is 2.12 bits per heavy atom. The van der Waals surface area contributed by atoms with Crippen LogP contribution >= 0.6 is 0 Å². The molecule has 0 saturated heterocycles. The van der Waals surface area contributed by atoms with Crippen LogP contribution in [0.25, 0.3) is 0 Å². The number of hydrogen-bond acceptors (Lipinski definition) is 2. The van der Waals surface area contributed by atoms with Gasteiger partial charge in [0.25, 0.3) is 0 Å². The third-order valence-electron chi connectivity index (χ3n) is 4.29. The number of anilines is 1. The van der Waals surface area contributed by atoms with E-state index in [9.17, 15) is 0 Å². The highest BCUT2D eigenvalue weighted by Crippen LogP contribution is 2.29. The number of fused-ring (bicyclic) bond motifs is 1. The van der Waals surface area contributed by atoms with Crippen molar-refractivity contribution in [2.75, 3.05) is 11.9 Å². The molecule has 1 aliphatic heterocycles. The summed E-state index contributed by atoms with van der Waals surface area (Å²) in [6.45, 7) is 3.36. The molecule has 2 heterocycles. The van der Waals surface area contributed by atoms with Crippen molar-refractivity contribution in [1.29, 1.82) is 0 Å². The second-order valence-corrected chi connectivity index (χ2v) is 5.74. The first-order chi connectivity index (χ1) is 8.33. The molecule has 1 aromatic rings. The van der Waals surface area contributed by atoms with Crippen molar-refractivity contribution in [3.63, 3.8) is 0 Å². The Balaban J connectivity index is 1.71. The van der Waals surface area contributed by atoms with E-state index in [4.69, 9.17) is 5.10 Å². The van der Waals surface area contributed by atoms with E-state index in [1.54, 1.807) is 0 Å². The van der Waals surface area contributed by atoms with Crippen LogP contribution in [0.1, 0.15) is 57.2 Å². The zero-order valence-electron chi connectivity index (χ0n) is 10.8. The molecule has 3 heteroatoms. The average Bonchev–Trinajstić information content (AvgIpc) is 2.74. The Kier molecular flexibility index (Phi) is 3.08. The van der Waals surface area contributed by atoms with Crippen LogP contribution in [-0.2, 0) is 6.42 Å². The Labute approximate surface area is 104 Å². The standard InChI is InChI=1S/C14H23N3/c1-11-7-8-15-14-10-13(16-17(11)14)9-12-5-3-2-4-6-12/h10-12,15H,2-9H2,1H3. The molecule has 2 aliphatic rings. The van der Waals surface area contributed by atoms with Crippen LogP contribution in [0.3, 0.4) is 0 Å². The quantitative estimate of drug-likeness (QED) is 0.848. The lowest BCUT2D eigenvalue weighted by Crippen LogP contribution is -2.21. The van der Waals surface area contributed by atoms with E-state index in [1.807, 2.05) is 0 Å². The number of aromatic nitrogens is 2. The van der Waals surface area contributed by atoms with Gasteiger partial charge in [-0.2, -0.15) is 5.10 Å². The molecule has 1 fully saturated rings. The summed E-state index contributed by atoms with van der Waals surface area (Å²) in [6.07, 6.45) is 9.48. The zero-order chi connectivity index (χ0) is 11.7. The maximum absolute atomic E-state index is 4.78. The van der Waals surface area contributed by atoms with Crippen LogP contribution in [-0.4, -0.2) is 16.3 Å². The normalized spacial score (nSPS) is 25.4. The van der Waals surface area contributed by atoms with Crippen molar-refractivity contribution >= 4 is 5.82 Å². The Bertz CT molecular complexity index is 377. The molecule has 1 saturated carbocycles. The molecule has 0 radical (unpaired) electrons. The first-order valence-electron chi connectivity index (χ1n) is 7.15. The summed E-state index contributed by atoms with van der Waals surface area (Å²) in [6, 6.07) is 2.83. The van der Waals surface area contributed by atoms with E-state index in [2.05, 4.69) is 23.0 Å². The summed E-state index contributed by atoms with van der Waals surface area (Å²) in [7, 11) is 0. The van der Waals surface area contributed by atoms with E-state index in [-0.39, 0.29) is 0 Å². The minimum Gasteiger partial charge on any atom is -0.370 e. The summed E-state index contributed by atoms with van der Waals surface area (Å²) in [5, 5.41) is 8.23. The molecule has 1 N–H and O–H groups in total. The zero-order valence-corrected chi connectivity index (χ0v) is 10.8. The fraction of sp³-hybridized carbons (Fsp3) is 0.786. The SMILES string of the molecule is CC1CCNc2cc(CC3CCCCC3)nn21. The third kappa shape index (κ3) is 2.33. The summed E-state index contributed by atoms with van der Waals surface area (Å²) in [5.41, 5.74) is 1.30. The molecule has 1 unspecified atom stereocenters. The van der Waals surface area contributed by atoms with Crippen molar-refractivity contribution < 1.29 is 0 Å². The van der Waals surface area contributed by atoms with Crippen molar-refractivity contribution in [1.82, 2.24) is 9.78 Å². The molecule has 0 aromatic carbocycles. The van der Waals surface area contributed by atoms with Gasteiger partial charge >= 0.3 is 0 Å². The van der Waals surface area contributed by atoms with Crippen LogP contribution in [0.4, 0.5) is 5.82 Å². The molecule has 94 valence electrons. The number of nitrogens with zero attached hydrogens (tertiary/aromatic N) is 2. The van der Waals surface area contributed by atoms with Gasteiger partial charge in [0.15, 0.2) is 0 Å². The van der Waals surface area contributed by atoms with Crippen molar-refractivity contribution in [3.8, 4) is 0 Å². The molecule has 1 atom stereocenters. The van der Waals surface area contributed by atoms with Gasteiger partial charge in [-0.25, -0.2) is 4.68 Å². The van der Waals surface area contributed by atoms with Crippen molar-refractivity contribution in [2.24, 2.45) is 5.92 Å². The smallest absolute Gasteiger partial charge is 0.124 e.